The molecule has 0 saturated carbocycles. The third-order valence-corrected chi connectivity index (χ3v) is 3.06. The Labute approximate surface area is 105 Å². The first-order chi connectivity index (χ1) is 7.69. The van der Waals surface area contributed by atoms with E-state index in [0.717, 1.165) is 4.90 Å². The molecule has 5 heteroatoms. The van der Waals surface area contributed by atoms with Gasteiger partial charge in [0, 0.05) is 18.6 Å². The van der Waals surface area contributed by atoms with E-state index in [0.29, 0.717) is 23.7 Å². The predicted molar refractivity (Wildman–Crippen MR) is 67.4 cm³/mol. The van der Waals surface area contributed by atoms with Gasteiger partial charge in [0.25, 0.3) is 5.91 Å². The molecule has 0 bridgehead atoms. The van der Waals surface area contributed by atoms with E-state index in [2.05, 4.69) is 5.32 Å². The average Bonchev–Trinajstić information content (AvgIpc) is 2.30. The molecule has 1 aromatic carbocycles. The van der Waals surface area contributed by atoms with Gasteiger partial charge in [-0.25, -0.2) is 0 Å². The van der Waals surface area contributed by atoms with E-state index < -0.39 is 0 Å². The van der Waals surface area contributed by atoms with E-state index in [-0.39, 0.29) is 5.91 Å². The lowest BCUT2D eigenvalue weighted by molar-refractivity contribution is 0.0937. The van der Waals surface area contributed by atoms with Gasteiger partial charge in [0.15, 0.2) is 0 Å². The third-order valence-electron chi connectivity index (χ3n) is 2.01. The SMILES string of the molecule is COCCNC(=O)c1cc(SC)ccc1Cl. The van der Waals surface area contributed by atoms with Gasteiger partial charge in [-0.2, -0.15) is 0 Å². The number of hydrogen-bond donors (Lipinski definition) is 1. The maximum Gasteiger partial charge on any atom is 0.252 e. The minimum Gasteiger partial charge on any atom is -0.383 e. The largest absolute Gasteiger partial charge is 0.383 e. The highest BCUT2D eigenvalue weighted by Gasteiger charge is 2.10. The number of methoxy groups -OCH3 is 1. The lowest BCUT2D eigenvalue weighted by Gasteiger charge is -2.07. The molecule has 1 aromatic rings. The molecule has 0 aliphatic heterocycles. The van der Waals surface area contributed by atoms with Crippen molar-refractivity contribution in [2.75, 3.05) is 26.5 Å². The first-order valence-electron chi connectivity index (χ1n) is 4.79. The van der Waals surface area contributed by atoms with Crippen LogP contribution in [0.4, 0.5) is 0 Å². The van der Waals surface area contributed by atoms with Crippen molar-refractivity contribution in [1.82, 2.24) is 5.32 Å². The fraction of sp³-hybridized carbons (Fsp3) is 0.364. The van der Waals surface area contributed by atoms with Gasteiger partial charge in [0.05, 0.1) is 17.2 Å². The Morgan fingerprint density at radius 1 is 1.56 bits per heavy atom. The summed E-state index contributed by atoms with van der Waals surface area (Å²) < 4.78 is 4.85. The van der Waals surface area contributed by atoms with Gasteiger partial charge in [0.2, 0.25) is 0 Å². The van der Waals surface area contributed by atoms with Crippen molar-refractivity contribution in [3.63, 3.8) is 0 Å². The highest BCUT2D eigenvalue weighted by molar-refractivity contribution is 7.98. The van der Waals surface area contributed by atoms with E-state index in [4.69, 9.17) is 16.3 Å². The highest BCUT2D eigenvalue weighted by Crippen LogP contribution is 2.22. The zero-order valence-electron chi connectivity index (χ0n) is 9.25. The second kappa shape index (κ2) is 6.78. The maximum absolute atomic E-state index is 11.7. The van der Waals surface area contributed by atoms with Gasteiger partial charge in [0.1, 0.15) is 0 Å². The topological polar surface area (TPSA) is 38.3 Å². The Balaban J connectivity index is 2.73. The number of amides is 1. The summed E-state index contributed by atoms with van der Waals surface area (Å²) in [5.74, 6) is -0.169. The average molecular weight is 260 g/mol. The van der Waals surface area contributed by atoms with Gasteiger partial charge >= 0.3 is 0 Å². The number of hydrogen-bond acceptors (Lipinski definition) is 3. The Morgan fingerprint density at radius 2 is 2.31 bits per heavy atom. The monoisotopic (exact) mass is 259 g/mol. The predicted octanol–water partition coefficient (Wildman–Crippen LogP) is 2.44. The molecule has 0 aromatic heterocycles. The van der Waals surface area contributed by atoms with Gasteiger partial charge in [-0.05, 0) is 24.5 Å². The molecule has 16 heavy (non-hydrogen) atoms. The molecule has 0 atom stereocenters. The van der Waals surface area contributed by atoms with Crippen molar-refractivity contribution in [1.29, 1.82) is 0 Å². The summed E-state index contributed by atoms with van der Waals surface area (Å²) in [4.78, 5) is 12.8. The lowest BCUT2D eigenvalue weighted by atomic mass is 10.2. The minimum atomic E-state index is -0.169. The summed E-state index contributed by atoms with van der Waals surface area (Å²) in [5, 5.41) is 3.20. The number of carbonyl (C=O) groups is 1. The van der Waals surface area contributed by atoms with E-state index in [1.165, 1.54) is 0 Å². The molecular formula is C11H14ClNO2S. The second-order valence-electron chi connectivity index (χ2n) is 3.09. The summed E-state index contributed by atoms with van der Waals surface area (Å²) in [6, 6.07) is 5.41. The van der Waals surface area contributed by atoms with Crippen molar-refractivity contribution in [2.24, 2.45) is 0 Å². The third kappa shape index (κ3) is 3.70. The van der Waals surface area contributed by atoms with Crippen molar-refractivity contribution >= 4 is 29.3 Å². The Kier molecular flexibility index (Phi) is 5.66. The van der Waals surface area contributed by atoms with Crippen LogP contribution in [0.5, 0.6) is 0 Å². The Hall–Kier alpha value is -0.710. The van der Waals surface area contributed by atoms with E-state index in [9.17, 15) is 4.79 Å². The molecule has 0 saturated heterocycles. The van der Waals surface area contributed by atoms with Crippen molar-refractivity contribution in [3.05, 3.63) is 28.8 Å². The molecule has 0 aliphatic carbocycles. The molecule has 0 unspecified atom stereocenters. The molecule has 0 radical (unpaired) electrons. The second-order valence-corrected chi connectivity index (χ2v) is 4.38. The zero-order valence-corrected chi connectivity index (χ0v) is 10.8. The van der Waals surface area contributed by atoms with Gasteiger partial charge < -0.3 is 10.1 Å². The smallest absolute Gasteiger partial charge is 0.252 e. The number of benzene rings is 1. The van der Waals surface area contributed by atoms with Crippen molar-refractivity contribution in [3.8, 4) is 0 Å². The van der Waals surface area contributed by atoms with Gasteiger partial charge in [-0.1, -0.05) is 11.6 Å². The number of nitrogens with one attached hydrogen (secondary N) is 1. The highest BCUT2D eigenvalue weighted by atomic mass is 35.5. The van der Waals surface area contributed by atoms with E-state index in [1.54, 1.807) is 31.0 Å². The minimum absolute atomic E-state index is 0.169. The van der Waals surface area contributed by atoms with Gasteiger partial charge in [-0.3, -0.25) is 4.79 Å². The van der Waals surface area contributed by atoms with E-state index in [1.807, 2.05) is 12.3 Å². The molecule has 1 rings (SSSR count). The first kappa shape index (κ1) is 13.4. The maximum atomic E-state index is 11.7. The molecular weight excluding hydrogens is 246 g/mol. The summed E-state index contributed by atoms with van der Waals surface area (Å²) in [7, 11) is 1.59. The number of ether oxygens (including phenoxy) is 1. The van der Waals surface area contributed by atoms with Crippen LogP contribution in [0.25, 0.3) is 0 Å². The van der Waals surface area contributed by atoms with Crippen LogP contribution < -0.4 is 5.32 Å². The molecule has 1 amide bonds. The molecule has 0 aliphatic rings. The normalized spacial score (nSPS) is 10.2. The van der Waals surface area contributed by atoms with Crippen LogP contribution >= 0.6 is 23.4 Å². The summed E-state index contributed by atoms with van der Waals surface area (Å²) in [6.45, 7) is 0.973. The lowest BCUT2D eigenvalue weighted by Crippen LogP contribution is -2.27. The molecule has 0 heterocycles. The van der Waals surface area contributed by atoms with Crippen molar-refractivity contribution in [2.45, 2.75) is 4.90 Å². The number of rotatable bonds is 5. The molecule has 3 nitrogen and oxygen atoms in total. The van der Waals surface area contributed by atoms with E-state index >= 15 is 0 Å². The molecule has 0 fully saturated rings. The van der Waals surface area contributed by atoms with Crippen LogP contribution in [0.3, 0.4) is 0 Å². The summed E-state index contributed by atoms with van der Waals surface area (Å²) >= 11 is 7.53. The number of halogens is 1. The quantitative estimate of drug-likeness (QED) is 0.652. The Morgan fingerprint density at radius 3 is 2.94 bits per heavy atom. The van der Waals surface area contributed by atoms with Crippen LogP contribution in [0.1, 0.15) is 10.4 Å². The van der Waals surface area contributed by atoms with Crippen LogP contribution in [-0.4, -0.2) is 32.4 Å². The first-order valence-corrected chi connectivity index (χ1v) is 6.40. The number of thioether (sulfide) groups is 1. The van der Waals surface area contributed by atoms with Crippen LogP contribution in [0.15, 0.2) is 23.1 Å². The standard InChI is InChI=1S/C11H14ClNO2S/c1-15-6-5-13-11(14)9-7-8(16-2)3-4-10(9)12/h3-4,7H,5-6H2,1-2H3,(H,13,14). The van der Waals surface area contributed by atoms with Gasteiger partial charge in [-0.15, -0.1) is 11.8 Å². The fourth-order valence-corrected chi connectivity index (χ4v) is 1.81. The fourth-order valence-electron chi connectivity index (χ4n) is 1.17. The Bertz CT molecular complexity index is 371. The summed E-state index contributed by atoms with van der Waals surface area (Å²) in [5.41, 5.74) is 0.504. The van der Waals surface area contributed by atoms with Crippen LogP contribution in [0.2, 0.25) is 5.02 Å². The van der Waals surface area contributed by atoms with Crippen LogP contribution in [0, 0.1) is 0 Å². The van der Waals surface area contributed by atoms with Crippen LogP contribution in [-0.2, 0) is 4.74 Å². The zero-order chi connectivity index (χ0) is 12.0. The molecule has 88 valence electrons. The molecule has 0 spiro atoms. The number of carbonyl (C=O) groups excluding carboxylic acids is 1. The van der Waals surface area contributed by atoms with Crippen molar-refractivity contribution < 1.29 is 9.53 Å². The summed E-state index contributed by atoms with van der Waals surface area (Å²) in [6.07, 6.45) is 1.95. The molecule has 1 N–H and O–H groups in total.